The summed E-state index contributed by atoms with van der Waals surface area (Å²) in [6, 6.07) is -2.26. The van der Waals surface area contributed by atoms with Gasteiger partial charge in [-0.1, -0.05) is 0 Å². The molecule has 0 saturated heterocycles. The summed E-state index contributed by atoms with van der Waals surface area (Å²) < 4.78 is 4.98. The second-order valence-corrected chi connectivity index (χ2v) is 5.77. The van der Waals surface area contributed by atoms with Gasteiger partial charge in [-0.15, -0.1) is 0 Å². The Morgan fingerprint density at radius 1 is 1.18 bits per heavy atom. The van der Waals surface area contributed by atoms with Crippen LogP contribution in [-0.4, -0.2) is 46.7 Å². The molecular formula is C13H23N3O6. The summed E-state index contributed by atoms with van der Waals surface area (Å²) in [5.41, 5.74) is 4.22. The fourth-order valence-electron chi connectivity index (χ4n) is 1.39. The van der Waals surface area contributed by atoms with Gasteiger partial charge in [0.05, 0.1) is 0 Å². The molecule has 126 valence electrons. The van der Waals surface area contributed by atoms with E-state index in [9.17, 15) is 19.2 Å². The van der Waals surface area contributed by atoms with Crippen LogP contribution in [0.2, 0.25) is 0 Å². The Balaban J connectivity index is 4.50. The smallest absolute Gasteiger partial charge is 0.408 e. The number of aliphatic carboxylic acids is 1. The monoisotopic (exact) mass is 317 g/mol. The average molecular weight is 317 g/mol. The first-order valence-corrected chi connectivity index (χ1v) is 6.73. The molecule has 5 N–H and O–H groups in total. The molecule has 3 amide bonds. The summed E-state index contributed by atoms with van der Waals surface area (Å²) in [7, 11) is 0. The fraction of sp³-hybridized carbons (Fsp3) is 0.692. The number of primary amides is 1. The zero-order valence-corrected chi connectivity index (χ0v) is 13.1. The Morgan fingerprint density at radius 3 is 2.14 bits per heavy atom. The van der Waals surface area contributed by atoms with E-state index in [0.717, 1.165) is 0 Å². The molecule has 0 unspecified atom stereocenters. The summed E-state index contributed by atoms with van der Waals surface area (Å²) >= 11 is 0. The maximum Gasteiger partial charge on any atom is 0.408 e. The molecule has 2 atom stereocenters. The number of carbonyl (C=O) groups is 4. The van der Waals surface area contributed by atoms with Crippen LogP contribution in [0.4, 0.5) is 4.79 Å². The van der Waals surface area contributed by atoms with E-state index in [1.807, 2.05) is 0 Å². The minimum absolute atomic E-state index is 0.129. The summed E-state index contributed by atoms with van der Waals surface area (Å²) in [6.45, 7) is 6.39. The number of nitrogens with one attached hydrogen (secondary N) is 2. The van der Waals surface area contributed by atoms with Crippen LogP contribution in [0.15, 0.2) is 0 Å². The molecule has 0 rings (SSSR count). The molecule has 0 aliphatic heterocycles. The summed E-state index contributed by atoms with van der Waals surface area (Å²) in [5.74, 6) is -2.66. The first kappa shape index (κ1) is 19.7. The van der Waals surface area contributed by atoms with Gasteiger partial charge >= 0.3 is 12.1 Å². The summed E-state index contributed by atoms with van der Waals surface area (Å²) in [6.07, 6.45) is -1.10. The lowest BCUT2D eigenvalue weighted by molar-refractivity contribution is -0.142. The lowest BCUT2D eigenvalue weighted by Crippen LogP contribution is -2.51. The van der Waals surface area contributed by atoms with Gasteiger partial charge < -0.3 is 26.2 Å². The van der Waals surface area contributed by atoms with E-state index in [2.05, 4.69) is 10.6 Å². The van der Waals surface area contributed by atoms with Crippen LogP contribution >= 0.6 is 0 Å². The van der Waals surface area contributed by atoms with Gasteiger partial charge in [-0.3, -0.25) is 9.59 Å². The first-order chi connectivity index (χ1) is 9.92. The molecule has 22 heavy (non-hydrogen) atoms. The summed E-state index contributed by atoms with van der Waals surface area (Å²) in [4.78, 5) is 45.0. The van der Waals surface area contributed by atoms with Crippen molar-refractivity contribution in [3.63, 3.8) is 0 Å². The van der Waals surface area contributed by atoms with Gasteiger partial charge in [0.1, 0.15) is 17.7 Å². The lowest BCUT2D eigenvalue weighted by Gasteiger charge is -2.22. The van der Waals surface area contributed by atoms with Crippen LogP contribution in [0.25, 0.3) is 0 Å². The normalized spacial score (nSPS) is 13.6. The highest BCUT2D eigenvalue weighted by atomic mass is 16.6. The van der Waals surface area contributed by atoms with Crippen molar-refractivity contribution in [3.8, 4) is 0 Å². The Bertz CT molecular complexity index is 444. The zero-order chi connectivity index (χ0) is 17.5. The third-order valence-electron chi connectivity index (χ3n) is 2.42. The van der Waals surface area contributed by atoms with E-state index < -0.39 is 41.6 Å². The Labute approximate surface area is 128 Å². The molecule has 9 nitrogen and oxygen atoms in total. The fourth-order valence-corrected chi connectivity index (χ4v) is 1.39. The standard InChI is InChI=1S/C13H23N3O6/c1-7(15-12(21)22-13(2,3)4)10(18)16-8(11(19)20)5-6-9(14)17/h7-8H,5-6H2,1-4H3,(H2,14,17)(H,15,21)(H,16,18)(H,19,20)/t7-,8+/m1/s1. The number of carboxylic acids is 1. The van der Waals surface area contributed by atoms with Gasteiger partial charge in [-0.25, -0.2) is 9.59 Å². The van der Waals surface area contributed by atoms with Crippen molar-refractivity contribution in [1.82, 2.24) is 10.6 Å². The highest BCUT2D eigenvalue weighted by Gasteiger charge is 2.25. The predicted octanol–water partition coefficient (Wildman–Crippen LogP) is -0.265. The molecule has 0 aromatic rings. The number of hydrogen-bond donors (Lipinski definition) is 4. The van der Waals surface area contributed by atoms with E-state index in [1.165, 1.54) is 6.92 Å². The minimum atomic E-state index is -1.29. The molecule has 0 heterocycles. The average Bonchev–Trinajstić information content (AvgIpc) is 2.30. The molecule has 0 aromatic heterocycles. The Morgan fingerprint density at radius 2 is 1.73 bits per heavy atom. The van der Waals surface area contributed by atoms with Crippen LogP contribution in [0, 0.1) is 0 Å². The first-order valence-electron chi connectivity index (χ1n) is 6.73. The Kier molecular flexibility index (Phi) is 7.34. The van der Waals surface area contributed by atoms with Crippen molar-refractivity contribution in [2.75, 3.05) is 0 Å². The van der Waals surface area contributed by atoms with E-state index >= 15 is 0 Å². The van der Waals surface area contributed by atoms with Crippen molar-refractivity contribution >= 4 is 23.9 Å². The quantitative estimate of drug-likeness (QED) is 0.508. The molecule has 0 bridgehead atoms. The molecule has 0 fully saturated rings. The van der Waals surface area contributed by atoms with Crippen LogP contribution in [-0.2, 0) is 19.1 Å². The van der Waals surface area contributed by atoms with E-state index in [4.69, 9.17) is 15.6 Å². The van der Waals surface area contributed by atoms with Gasteiger partial charge in [-0.2, -0.15) is 0 Å². The van der Waals surface area contributed by atoms with Crippen molar-refractivity contribution in [3.05, 3.63) is 0 Å². The highest BCUT2D eigenvalue weighted by molar-refractivity contribution is 5.89. The van der Waals surface area contributed by atoms with Gasteiger partial charge in [0.2, 0.25) is 11.8 Å². The molecule has 0 spiro atoms. The topological polar surface area (TPSA) is 148 Å². The number of hydrogen-bond acceptors (Lipinski definition) is 5. The number of carboxylic acid groups (broad SMARTS) is 1. The molecule has 0 aliphatic rings. The van der Waals surface area contributed by atoms with E-state index in [0.29, 0.717) is 0 Å². The number of nitrogens with two attached hydrogens (primary N) is 1. The van der Waals surface area contributed by atoms with Crippen LogP contribution < -0.4 is 16.4 Å². The highest BCUT2D eigenvalue weighted by Crippen LogP contribution is 2.06. The van der Waals surface area contributed by atoms with Gasteiger partial charge in [0.25, 0.3) is 0 Å². The van der Waals surface area contributed by atoms with Crippen LogP contribution in [0.1, 0.15) is 40.5 Å². The second-order valence-electron chi connectivity index (χ2n) is 5.77. The van der Waals surface area contributed by atoms with E-state index in [1.54, 1.807) is 20.8 Å². The van der Waals surface area contributed by atoms with Crippen molar-refractivity contribution in [2.45, 2.75) is 58.2 Å². The third-order valence-corrected chi connectivity index (χ3v) is 2.42. The van der Waals surface area contributed by atoms with Crippen LogP contribution in [0.5, 0.6) is 0 Å². The SMILES string of the molecule is C[C@@H](NC(=O)OC(C)(C)C)C(=O)N[C@@H](CCC(N)=O)C(=O)O. The molecule has 0 radical (unpaired) electrons. The molecule has 0 aliphatic carbocycles. The number of alkyl carbamates (subject to hydrolysis) is 1. The number of ether oxygens (including phenoxy) is 1. The minimum Gasteiger partial charge on any atom is -0.480 e. The molecule has 0 aromatic carbocycles. The molecule has 9 heteroatoms. The molecule has 0 saturated carbocycles. The molecular weight excluding hydrogens is 294 g/mol. The zero-order valence-electron chi connectivity index (χ0n) is 13.1. The van der Waals surface area contributed by atoms with Crippen molar-refractivity contribution in [2.24, 2.45) is 5.73 Å². The van der Waals surface area contributed by atoms with Crippen molar-refractivity contribution in [1.29, 1.82) is 0 Å². The van der Waals surface area contributed by atoms with Crippen molar-refractivity contribution < 1.29 is 29.0 Å². The largest absolute Gasteiger partial charge is 0.480 e. The number of rotatable bonds is 7. The lowest BCUT2D eigenvalue weighted by atomic mass is 10.1. The maximum atomic E-state index is 11.8. The van der Waals surface area contributed by atoms with Gasteiger partial charge in [0, 0.05) is 6.42 Å². The predicted molar refractivity (Wildman–Crippen MR) is 76.8 cm³/mol. The van der Waals surface area contributed by atoms with Gasteiger partial charge in [-0.05, 0) is 34.1 Å². The Hall–Kier alpha value is -2.32. The maximum absolute atomic E-state index is 11.8. The number of carbonyl (C=O) groups excluding carboxylic acids is 3. The van der Waals surface area contributed by atoms with Gasteiger partial charge in [0.15, 0.2) is 0 Å². The third kappa shape index (κ3) is 8.77. The second kappa shape index (κ2) is 8.20. The van der Waals surface area contributed by atoms with E-state index in [-0.39, 0.29) is 12.8 Å². The van der Waals surface area contributed by atoms with Crippen LogP contribution in [0.3, 0.4) is 0 Å². The number of amides is 3. The summed E-state index contributed by atoms with van der Waals surface area (Å²) in [5, 5.41) is 13.5.